The Balaban J connectivity index is 0.00000261. The second-order valence-corrected chi connectivity index (χ2v) is 6.78. The molecule has 2 atom stereocenters. The molecule has 6 heteroatoms. The molecule has 1 saturated carbocycles. The minimum absolute atomic E-state index is 0. The Morgan fingerprint density at radius 2 is 1.81 bits per heavy atom. The van der Waals surface area contributed by atoms with E-state index in [0.717, 1.165) is 24.2 Å². The van der Waals surface area contributed by atoms with Crippen LogP contribution in [0.3, 0.4) is 0 Å². The molecule has 3 N–H and O–H groups in total. The van der Waals surface area contributed by atoms with Crippen molar-refractivity contribution >= 4 is 35.6 Å². The maximum atomic E-state index is 12.6. The predicted molar refractivity (Wildman–Crippen MR) is 111 cm³/mol. The normalized spacial score (nSPS) is 17.6. The van der Waals surface area contributed by atoms with Gasteiger partial charge in [-0.05, 0) is 48.7 Å². The van der Waals surface area contributed by atoms with Crippen molar-refractivity contribution < 1.29 is 9.59 Å². The molecule has 2 amide bonds. The number of benzene rings is 2. The standard InChI is InChI=1S/C21H25N3O2.ClH/c1-3-22-13-16-7-4-5-10-19(16)24-20(25)15-8-6-9-17(12-15)23-21(26)18-11-14(18)2;/h4-10,12,14,18,22H,3,11,13H2,1-2H3,(H,23,26)(H,24,25);1H. The summed E-state index contributed by atoms with van der Waals surface area (Å²) in [6.07, 6.45) is 0.939. The van der Waals surface area contributed by atoms with Gasteiger partial charge in [-0.25, -0.2) is 0 Å². The van der Waals surface area contributed by atoms with E-state index in [0.29, 0.717) is 23.7 Å². The zero-order chi connectivity index (χ0) is 18.5. The van der Waals surface area contributed by atoms with Gasteiger partial charge >= 0.3 is 0 Å². The Labute approximate surface area is 166 Å². The van der Waals surface area contributed by atoms with Crippen LogP contribution in [0, 0.1) is 11.8 Å². The Hall–Kier alpha value is -2.37. The first-order valence-electron chi connectivity index (χ1n) is 9.09. The molecular formula is C21H26ClN3O2. The fourth-order valence-corrected chi connectivity index (χ4v) is 2.91. The van der Waals surface area contributed by atoms with E-state index in [1.165, 1.54) is 0 Å². The summed E-state index contributed by atoms with van der Waals surface area (Å²) in [4.78, 5) is 24.7. The third-order valence-corrected chi connectivity index (χ3v) is 4.67. The number of carbonyl (C=O) groups is 2. The maximum Gasteiger partial charge on any atom is 0.255 e. The first-order chi connectivity index (χ1) is 12.6. The maximum absolute atomic E-state index is 12.6. The lowest BCUT2D eigenvalue weighted by Crippen LogP contribution is -2.18. The highest BCUT2D eigenvalue weighted by molar-refractivity contribution is 6.05. The monoisotopic (exact) mass is 387 g/mol. The average molecular weight is 388 g/mol. The van der Waals surface area contributed by atoms with Gasteiger partial charge in [0, 0.05) is 29.4 Å². The smallest absolute Gasteiger partial charge is 0.255 e. The number of anilines is 2. The third kappa shape index (κ3) is 5.55. The molecule has 2 aromatic rings. The minimum atomic E-state index is -0.190. The summed E-state index contributed by atoms with van der Waals surface area (Å²) in [5, 5.41) is 9.14. The third-order valence-electron chi connectivity index (χ3n) is 4.67. The molecular weight excluding hydrogens is 362 g/mol. The molecule has 0 bridgehead atoms. The minimum Gasteiger partial charge on any atom is -0.326 e. The zero-order valence-electron chi connectivity index (χ0n) is 15.6. The van der Waals surface area contributed by atoms with E-state index in [2.05, 4.69) is 22.9 Å². The van der Waals surface area contributed by atoms with Gasteiger partial charge in [0.25, 0.3) is 5.91 Å². The molecule has 1 aliphatic carbocycles. The van der Waals surface area contributed by atoms with Crippen molar-refractivity contribution in [2.45, 2.75) is 26.8 Å². The Morgan fingerprint density at radius 1 is 1.07 bits per heavy atom. The van der Waals surface area contributed by atoms with Crippen LogP contribution in [0.1, 0.15) is 36.2 Å². The van der Waals surface area contributed by atoms with Gasteiger partial charge in [-0.2, -0.15) is 0 Å². The summed E-state index contributed by atoms with van der Waals surface area (Å²) < 4.78 is 0. The van der Waals surface area contributed by atoms with Gasteiger partial charge in [0.1, 0.15) is 0 Å². The Morgan fingerprint density at radius 3 is 2.52 bits per heavy atom. The summed E-state index contributed by atoms with van der Waals surface area (Å²) in [7, 11) is 0. The van der Waals surface area contributed by atoms with Crippen molar-refractivity contribution in [1.82, 2.24) is 5.32 Å². The molecule has 5 nitrogen and oxygen atoms in total. The quantitative estimate of drug-likeness (QED) is 0.670. The van der Waals surface area contributed by atoms with E-state index in [9.17, 15) is 9.59 Å². The van der Waals surface area contributed by atoms with E-state index in [4.69, 9.17) is 0 Å². The number of rotatable bonds is 7. The summed E-state index contributed by atoms with van der Waals surface area (Å²) in [6, 6.07) is 14.8. The zero-order valence-corrected chi connectivity index (χ0v) is 16.4. The lowest BCUT2D eigenvalue weighted by atomic mass is 10.1. The number of amides is 2. The van der Waals surface area contributed by atoms with Gasteiger partial charge in [-0.1, -0.05) is 38.1 Å². The summed E-state index contributed by atoms with van der Waals surface area (Å²) in [5.74, 6) is 0.399. The fraction of sp³-hybridized carbons (Fsp3) is 0.333. The van der Waals surface area contributed by atoms with E-state index >= 15 is 0 Å². The van der Waals surface area contributed by atoms with Crippen molar-refractivity contribution in [2.24, 2.45) is 11.8 Å². The first-order valence-corrected chi connectivity index (χ1v) is 9.09. The van der Waals surface area contributed by atoms with Crippen LogP contribution in [0.5, 0.6) is 0 Å². The molecule has 0 saturated heterocycles. The highest BCUT2D eigenvalue weighted by atomic mass is 35.5. The fourth-order valence-electron chi connectivity index (χ4n) is 2.91. The van der Waals surface area contributed by atoms with Crippen LogP contribution in [-0.4, -0.2) is 18.4 Å². The Kier molecular flexibility index (Phi) is 7.39. The van der Waals surface area contributed by atoms with Crippen molar-refractivity contribution in [3.05, 3.63) is 59.7 Å². The van der Waals surface area contributed by atoms with Crippen LogP contribution in [0.4, 0.5) is 11.4 Å². The topological polar surface area (TPSA) is 70.2 Å². The van der Waals surface area contributed by atoms with Crippen LogP contribution in [0.2, 0.25) is 0 Å². The van der Waals surface area contributed by atoms with E-state index < -0.39 is 0 Å². The van der Waals surface area contributed by atoms with E-state index in [1.807, 2.05) is 31.2 Å². The molecule has 2 unspecified atom stereocenters. The second-order valence-electron chi connectivity index (χ2n) is 6.78. The van der Waals surface area contributed by atoms with Crippen molar-refractivity contribution in [2.75, 3.05) is 17.2 Å². The SMILES string of the molecule is CCNCc1ccccc1NC(=O)c1cccc(NC(=O)C2CC2C)c1.Cl. The van der Waals surface area contributed by atoms with Crippen LogP contribution >= 0.6 is 12.4 Å². The van der Waals surface area contributed by atoms with Crippen LogP contribution in [0.25, 0.3) is 0 Å². The van der Waals surface area contributed by atoms with Crippen molar-refractivity contribution in [1.29, 1.82) is 0 Å². The van der Waals surface area contributed by atoms with Gasteiger partial charge in [0.2, 0.25) is 5.91 Å². The summed E-state index contributed by atoms with van der Waals surface area (Å²) in [5.41, 5.74) is 3.00. The summed E-state index contributed by atoms with van der Waals surface area (Å²) in [6.45, 7) is 5.68. The highest BCUT2D eigenvalue weighted by Crippen LogP contribution is 2.38. The van der Waals surface area contributed by atoms with Crippen LogP contribution in [-0.2, 0) is 11.3 Å². The average Bonchev–Trinajstić information content (AvgIpc) is 3.38. The molecule has 144 valence electrons. The predicted octanol–water partition coefficient (Wildman–Crippen LogP) is 4.06. The molecule has 0 radical (unpaired) electrons. The van der Waals surface area contributed by atoms with Crippen LogP contribution < -0.4 is 16.0 Å². The lowest BCUT2D eigenvalue weighted by Gasteiger charge is -2.12. The molecule has 1 aliphatic rings. The van der Waals surface area contributed by atoms with E-state index in [-0.39, 0.29) is 30.1 Å². The van der Waals surface area contributed by atoms with Crippen molar-refractivity contribution in [3.8, 4) is 0 Å². The molecule has 0 spiro atoms. The number of halogens is 1. The van der Waals surface area contributed by atoms with Crippen molar-refractivity contribution in [3.63, 3.8) is 0 Å². The van der Waals surface area contributed by atoms with Gasteiger partial charge < -0.3 is 16.0 Å². The van der Waals surface area contributed by atoms with Gasteiger partial charge in [0.15, 0.2) is 0 Å². The van der Waals surface area contributed by atoms with Gasteiger partial charge in [0.05, 0.1) is 0 Å². The molecule has 0 aromatic heterocycles. The molecule has 0 heterocycles. The molecule has 27 heavy (non-hydrogen) atoms. The first kappa shape index (κ1) is 20.9. The van der Waals surface area contributed by atoms with Gasteiger partial charge in [-0.15, -0.1) is 12.4 Å². The Bertz CT molecular complexity index is 810. The van der Waals surface area contributed by atoms with Gasteiger partial charge in [-0.3, -0.25) is 9.59 Å². The highest BCUT2D eigenvalue weighted by Gasteiger charge is 2.39. The number of hydrogen-bond donors (Lipinski definition) is 3. The summed E-state index contributed by atoms with van der Waals surface area (Å²) >= 11 is 0. The number of carbonyl (C=O) groups excluding carboxylic acids is 2. The number of hydrogen-bond acceptors (Lipinski definition) is 3. The van der Waals surface area contributed by atoms with E-state index in [1.54, 1.807) is 24.3 Å². The lowest BCUT2D eigenvalue weighted by molar-refractivity contribution is -0.117. The molecule has 2 aromatic carbocycles. The number of nitrogens with one attached hydrogen (secondary N) is 3. The largest absolute Gasteiger partial charge is 0.326 e. The second kappa shape index (κ2) is 9.53. The molecule has 1 fully saturated rings. The van der Waals surface area contributed by atoms with Crippen LogP contribution in [0.15, 0.2) is 48.5 Å². The molecule has 3 rings (SSSR count). The number of para-hydroxylation sites is 1. The molecule has 0 aliphatic heterocycles.